The van der Waals surface area contributed by atoms with E-state index in [1.807, 2.05) is 19.9 Å². The lowest BCUT2D eigenvalue weighted by atomic mass is 10.2. The van der Waals surface area contributed by atoms with E-state index in [1.54, 1.807) is 37.4 Å². The molecule has 1 aliphatic rings. The van der Waals surface area contributed by atoms with Crippen LogP contribution in [-0.4, -0.2) is 59.2 Å². The highest BCUT2D eigenvalue weighted by atomic mass is 35.5. The number of methoxy groups -OCH3 is 1. The number of halogens is 2. The molecule has 0 atom stereocenters. The standard InChI is InChI=1S/C25H27ClFN7OS/c1-16-14-17(2)29-23(28-16)31-24(32-25(36)30-21-15-18(26)4-9-22(21)35-3)34-12-10-33(11-13-34)20-7-5-19(27)6-8-20/h4-9,14-15H,10-13H2,1-3H3,(H2,28,29,30,31,32,36). The summed E-state index contributed by atoms with van der Waals surface area (Å²) in [6, 6.07) is 13.7. The van der Waals surface area contributed by atoms with Gasteiger partial charge in [0, 0.05) is 48.3 Å². The first-order valence-electron chi connectivity index (χ1n) is 11.4. The summed E-state index contributed by atoms with van der Waals surface area (Å²) in [6.45, 7) is 6.60. The van der Waals surface area contributed by atoms with Crippen LogP contribution in [0.15, 0.2) is 53.5 Å². The molecule has 1 saturated heterocycles. The Labute approximate surface area is 220 Å². The van der Waals surface area contributed by atoms with Crippen molar-refractivity contribution in [3.8, 4) is 5.75 Å². The molecule has 1 fully saturated rings. The van der Waals surface area contributed by atoms with E-state index in [-0.39, 0.29) is 10.9 Å². The Morgan fingerprint density at radius 1 is 1.00 bits per heavy atom. The number of aliphatic imine (C=N–C) groups is 1. The molecule has 2 heterocycles. The number of nitrogens with one attached hydrogen (secondary N) is 2. The minimum absolute atomic E-state index is 0.225. The summed E-state index contributed by atoms with van der Waals surface area (Å²) < 4.78 is 18.7. The van der Waals surface area contributed by atoms with E-state index < -0.39 is 0 Å². The lowest BCUT2D eigenvalue weighted by Crippen LogP contribution is -2.51. The fourth-order valence-corrected chi connectivity index (χ4v) is 4.27. The normalized spacial score (nSPS) is 14.0. The van der Waals surface area contributed by atoms with Crippen LogP contribution in [0.25, 0.3) is 0 Å². The molecule has 0 unspecified atom stereocenters. The third-order valence-corrected chi connectivity index (χ3v) is 6.02. The molecule has 8 nitrogen and oxygen atoms in total. The highest BCUT2D eigenvalue weighted by Gasteiger charge is 2.22. The SMILES string of the molecule is COc1ccc(Cl)cc1NC(=S)/N=C(/Nc1nc(C)cc(C)n1)N1CCN(c2ccc(F)cc2)CC1. The van der Waals surface area contributed by atoms with Crippen molar-refractivity contribution in [3.63, 3.8) is 0 Å². The van der Waals surface area contributed by atoms with Crippen LogP contribution in [0.2, 0.25) is 5.02 Å². The maximum Gasteiger partial charge on any atom is 0.229 e. The first kappa shape index (κ1) is 25.6. The Morgan fingerprint density at radius 3 is 2.31 bits per heavy atom. The van der Waals surface area contributed by atoms with E-state index in [1.165, 1.54) is 12.1 Å². The van der Waals surface area contributed by atoms with Crippen molar-refractivity contribution in [3.05, 3.63) is 70.8 Å². The molecule has 0 spiro atoms. The van der Waals surface area contributed by atoms with Gasteiger partial charge in [-0.15, -0.1) is 0 Å². The first-order chi connectivity index (χ1) is 17.3. The van der Waals surface area contributed by atoms with E-state index in [2.05, 4.69) is 35.4 Å². The van der Waals surface area contributed by atoms with E-state index in [0.29, 0.717) is 41.5 Å². The van der Waals surface area contributed by atoms with Crippen molar-refractivity contribution in [2.45, 2.75) is 13.8 Å². The Hall–Kier alpha value is -3.50. The second-order valence-electron chi connectivity index (χ2n) is 8.26. The number of guanidine groups is 1. The number of benzene rings is 2. The third-order valence-electron chi connectivity index (χ3n) is 5.59. The van der Waals surface area contributed by atoms with Crippen molar-refractivity contribution in [2.75, 3.05) is 48.8 Å². The number of hydrogen-bond donors (Lipinski definition) is 2. The molecule has 0 radical (unpaired) electrons. The van der Waals surface area contributed by atoms with Crippen molar-refractivity contribution in [1.82, 2.24) is 14.9 Å². The van der Waals surface area contributed by atoms with Crippen LogP contribution in [0, 0.1) is 19.7 Å². The van der Waals surface area contributed by atoms with Gasteiger partial charge in [-0.1, -0.05) is 11.6 Å². The molecular weight excluding hydrogens is 501 g/mol. The number of hydrogen-bond acceptors (Lipinski definition) is 5. The summed E-state index contributed by atoms with van der Waals surface area (Å²) in [4.78, 5) is 17.9. The predicted octanol–water partition coefficient (Wildman–Crippen LogP) is 4.88. The lowest BCUT2D eigenvalue weighted by molar-refractivity contribution is 0.385. The van der Waals surface area contributed by atoms with Crippen LogP contribution in [0.4, 0.5) is 21.7 Å². The summed E-state index contributed by atoms with van der Waals surface area (Å²) in [6.07, 6.45) is 0. The Morgan fingerprint density at radius 2 is 1.67 bits per heavy atom. The molecule has 1 aliphatic heterocycles. The van der Waals surface area contributed by atoms with Crippen LogP contribution in [0.3, 0.4) is 0 Å². The fourth-order valence-electron chi connectivity index (χ4n) is 3.91. The number of aryl methyl sites for hydroxylation is 2. The molecule has 0 saturated carbocycles. The Kier molecular flexibility index (Phi) is 8.17. The molecule has 11 heteroatoms. The van der Waals surface area contributed by atoms with E-state index in [0.717, 1.165) is 30.2 Å². The summed E-state index contributed by atoms with van der Waals surface area (Å²) in [5, 5.41) is 7.12. The van der Waals surface area contributed by atoms with Crippen LogP contribution in [-0.2, 0) is 0 Å². The van der Waals surface area contributed by atoms with E-state index >= 15 is 0 Å². The van der Waals surface area contributed by atoms with Gasteiger partial charge >= 0.3 is 0 Å². The van der Waals surface area contributed by atoms with E-state index in [9.17, 15) is 4.39 Å². The molecule has 188 valence electrons. The molecule has 36 heavy (non-hydrogen) atoms. The molecule has 1 aromatic heterocycles. The molecule has 2 N–H and O–H groups in total. The minimum Gasteiger partial charge on any atom is -0.495 e. The van der Waals surface area contributed by atoms with Gasteiger partial charge in [0.15, 0.2) is 0 Å². The van der Waals surface area contributed by atoms with Crippen molar-refractivity contribution in [1.29, 1.82) is 0 Å². The van der Waals surface area contributed by atoms with Crippen LogP contribution in [0.5, 0.6) is 5.75 Å². The number of piperazine rings is 1. The van der Waals surface area contributed by atoms with Gasteiger partial charge in [0.2, 0.25) is 17.0 Å². The third kappa shape index (κ3) is 6.58. The predicted molar refractivity (Wildman–Crippen MR) is 147 cm³/mol. The lowest BCUT2D eigenvalue weighted by Gasteiger charge is -2.37. The zero-order valence-corrected chi connectivity index (χ0v) is 21.8. The molecule has 4 rings (SSSR count). The average molecular weight is 528 g/mol. The van der Waals surface area contributed by atoms with Gasteiger partial charge in [-0.05, 0) is 74.6 Å². The van der Waals surface area contributed by atoms with Gasteiger partial charge in [0.1, 0.15) is 11.6 Å². The van der Waals surface area contributed by atoms with Gasteiger partial charge in [0.05, 0.1) is 12.8 Å². The Bertz CT molecular complexity index is 1240. The maximum atomic E-state index is 13.3. The summed E-state index contributed by atoms with van der Waals surface area (Å²) >= 11 is 11.7. The van der Waals surface area contributed by atoms with Crippen molar-refractivity contribution < 1.29 is 9.13 Å². The van der Waals surface area contributed by atoms with Crippen molar-refractivity contribution in [2.24, 2.45) is 4.99 Å². The fraction of sp³-hybridized carbons (Fsp3) is 0.280. The number of ether oxygens (including phenoxy) is 1. The number of rotatable bonds is 4. The van der Waals surface area contributed by atoms with Gasteiger partial charge < -0.3 is 19.9 Å². The monoisotopic (exact) mass is 527 g/mol. The summed E-state index contributed by atoms with van der Waals surface area (Å²) in [5.41, 5.74) is 3.27. The zero-order chi connectivity index (χ0) is 25.7. The smallest absolute Gasteiger partial charge is 0.229 e. The van der Waals surface area contributed by atoms with Crippen LogP contribution < -0.4 is 20.3 Å². The number of anilines is 3. The van der Waals surface area contributed by atoms with Crippen LogP contribution in [0.1, 0.15) is 11.4 Å². The summed E-state index contributed by atoms with van der Waals surface area (Å²) in [5.74, 6) is 1.31. The first-order valence-corrected chi connectivity index (χ1v) is 12.2. The second kappa shape index (κ2) is 11.5. The van der Waals surface area contributed by atoms with Gasteiger partial charge in [0.25, 0.3) is 0 Å². The van der Waals surface area contributed by atoms with Gasteiger partial charge in [-0.2, -0.15) is 4.99 Å². The topological polar surface area (TPSA) is 77.9 Å². The molecule has 3 aromatic rings. The highest BCUT2D eigenvalue weighted by molar-refractivity contribution is 7.80. The number of aromatic nitrogens is 2. The highest BCUT2D eigenvalue weighted by Crippen LogP contribution is 2.28. The second-order valence-corrected chi connectivity index (χ2v) is 9.08. The summed E-state index contributed by atoms with van der Waals surface area (Å²) in [7, 11) is 1.58. The molecule has 2 aromatic carbocycles. The van der Waals surface area contributed by atoms with E-state index in [4.69, 9.17) is 28.6 Å². The largest absolute Gasteiger partial charge is 0.495 e. The van der Waals surface area contributed by atoms with Gasteiger partial charge in [-0.3, -0.25) is 5.32 Å². The molecular formula is C25H27ClFN7OS. The van der Waals surface area contributed by atoms with Crippen molar-refractivity contribution >= 4 is 52.2 Å². The molecule has 0 aliphatic carbocycles. The maximum absolute atomic E-state index is 13.3. The average Bonchev–Trinajstić information content (AvgIpc) is 2.84. The minimum atomic E-state index is -0.248. The van der Waals surface area contributed by atoms with Gasteiger partial charge in [-0.25, -0.2) is 14.4 Å². The molecule has 0 bridgehead atoms. The number of thiocarbonyl (C=S) groups is 1. The quantitative estimate of drug-likeness (QED) is 0.282. The Balaban J connectivity index is 1.55. The molecule has 0 amide bonds. The zero-order valence-electron chi connectivity index (χ0n) is 20.3. The van der Waals surface area contributed by atoms with Crippen LogP contribution >= 0.6 is 23.8 Å². The number of nitrogens with zero attached hydrogens (tertiary/aromatic N) is 5.